The van der Waals surface area contributed by atoms with Gasteiger partial charge in [0, 0.05) is 12.8 Å². The number of nitrogens with two attached hydrogens (primary N) is 1. The zero-order valence-electron chi connectivity index (χ0n) is 5.03. The van der Waals surface area contributed by atoms with Crippen molar-refractivity contribution in [3.05, 3.63) is 11.9 Å². The molecule has 0 saturated heterocycles. The number of primary amides is 1. The van der Waals surface area contributed by atoms with Crippen LogP contribution in [0.2, 0.25) is 0 Å². The highest BCUT2D eigenvalue weighted by Gasteiger charge is 2.05. The molecule has 0 aromatic heterocycles. The Kier molecular flexibility index (Phi) is 3.53. The molecule has 0 aromatic carbocycles. The second-order valence-electron chi connectivity index (χ2n) is 1.63. The summed E-state index contributed by atoms with van der Waals surface area (Å²) in [6.07, 6.45) is -3.39. The smallest absolute Gasteiger partial charge is 0.301 e. The Hall–Kier alpha value is -1.00. The lowest BCUT2D eigenvalue weighted by atomic mass is 10.3. The van der Waals surface area contributed by atoms with E-state index in [1.54, 1.807) is 0 Å². The monoisotopic (exact) mass is 153 g/mol. The lowest BCUT2D eigenvalue weighted by Crippen LogP contribution is -2.09. The standard InChI is InChI=1S/C5H6F3NO/c6-3(5(7)8)1-2-4(9)10/h1-2H2,(H2,9,10). The molecule has 1 amide bonds. The molecular weight excluding hydrogens is 147 g/mol. The van der Waals surface area contributed by atoms with Crippen LogP contribution in [0.15, 0.2) is 11.9 Å². The van der Waals surface area contributed by atoms with E-state index in [-0.39, 0.29) is 6.42 Å². The van der Waals surface area contributed by atoms with E-state index in [2.05, 4.69) is 5.73 Å². The van der Waals surface area contributed by atoms with Gasteiger partial charge in [-0.05, 0) is 0 Å². The van der Waals surface area contributed by atoms with Crippen LogP contribution in [0.5, 0.6) is 0 Å². The fraction of sp³-hybridized carbons (Fsp3) is 0.400. The van der Waals surface area contributed by atoms with Crippen molar-refractivity contribution in [3.8, 4) is 0 Å². The van der Waals surface area contributed by atoms with E-state index in [9.17, 15) is 18.0 Å². The molecule has 0 saturated carbocycles. The summed E-state index contributed by atoms with van der Waals surface area (Å²) in [5, 5.41) is 0. The predicted molar refractivity (Wildman–Crippen MR) is 28.8 cm³/mol. The quantitative estimate of drug-likeness (QED) is 0.652. The SMILES string of the molecule is NC(=O)CCC(F)=C(F)F. The van der Waals surface area contributed by atoms with Crippen LogP contribution in [0, 0.1) is 0 Å². The molecule has 0 aliphatic carbocycles. The molecule has 0 aliphatic rings. The summed E-state index contributed by atoms with van der Waals surface area (Å²) in [5.74, 6) is -2.37. The summed E-state index contributed by atoms with van der Waals surface area (Å²) in [6.45, 7) is 0. The molecule has 0 aromatic rings. The Morgan fingerprint density at radius 3 is 2.00 bits per heavy atom. The second-order valence-corrected chi connectivity index (χ2v) is 1.63. The van der Waals surface area contributed by atoms with Gasteiger partial charge in [0.2, 0.25) is 5.91 Å². The zero-order valence-corrected chi connectivity index (χ0v) is 5.03. The Labute approximate surface area is 55.5 Å². The number of carbonyl (C=O) groups is 1. The average molecular weight is 153 g/mol. The first-order valence-corrected chi connectivity index (χ1v) is 2.52. The normalized spacial score (nSPS) is 9.10. The number of carbonyl (C=O) groups excluding carboxylic acids is 1. The molecule has 5 heteroatoms. The van der Waals surface area contributed by atoms with Crippen molar-refractivity contribution in [3.63, 3.8) is 0 Å². The fourth-order valence-electron chi connectivity index (χ4n) is 0.327. The number of amides is 1. The first-order valence-electron chi connectivity index (χ1n) is 2.52. The molecule has 0 rings (SSSR count). The third-order valence-electron chi connectivity index (χ3n) is 0.796. The van der Waals surface area contributed by atoms with Gasteiger partial charge in [-0.15, -0.1) is 0 Å². The Balaban J connectivity index is 3.71. The van der Waals surface area contributed by atoms with Gasteiger partial charge in [0.05, 0.1) is 0 Å². The highest BCUT2D eigenvalue weighted by atomic mass is 19.3. The van der Waals surface area contributed by atoms with Crippen LogP contribution in [0.4, 0.5) is 13.2 Å². The number of hydrogen-bond acceptors (Lipinski definition) is 1. The van der Waals surface area contributed by atoms with Crippen LogP contribution >= 0.6 is 0 Å². The van der Waals surface area contributed by atoms with Crippen molar-refractivity contribution in [1.29, 1.82) is 0 Å². The molecule has 10 heavy (non-hydrogen) atoms. The zero-order chi connectivity index (χ0) is 8.15. The predicted octanol–water partition coefficient (Wildman–Crippen LogP) is 1.33. The van der Waals surface area contributed by atoms with Crippen molar-refractivity contribution >= 4 is 5.91 Å². The third kappa shape index (κ3) is 3.94. The van der Waals surface area contributed by atoms with E-state index in [1.165, 1.54) is 0 Å². The minimum atomic E-state index is -2.39. The fourth-order valence-corrected chi connectivity index (χ4v) is 0.327. The molecular formula is C5H6F3NO. The van der Waals surface area contributed by atoms with Crippen molar-refractivity contribution in [1.82, 2.24) is 0 Å². The number of rotatable bonds is 3. The molecule has 2 nitrogen and oxygen atoms in total. The second kappa shape index (κ2) is 3.92. The molecule has 0 bridgehead atoms. The van der Waals surface area contributed by atoms with Crippen molar-refractivity contribution in [2.24, 2.45) is 5.73 Å². The highest BCUT2D eigenvalue weighted by Crippen LogP contribution is 2.14. The Morgan fingerprint density at radius 2 is 1.70 bits per heavy atom. The largest absolute Gasteiger partial charge is 0.370 e. The number of hydrogen-bond donors (Lipinski definition) is 1. The summed E-state index contributed by atoms with van der Waals surface area (Å²) in [4.78, 5) is 9.91. The molecule has 0 unspecified atom stereocenters. The van der Waals surface area contributed by atoms with Crippen LogP contribution < -0.4 is 5.73 Å². The van der Waals surface area contributed by atoms with Crippen LogP contribution in [-0.2, 0) is 4.79 Å². The van der Waals surface area contributed by atoms with Gasteiger partial charge in [0.1, 0.15) is 0 Å². The van der Waals surface area contributed by atoms with Crippen LogP contribution in [0.1, 0.15) is 12.8 Å². The molecule has 0 atom stereocenters. The summed E-state index contributed by atoms with van der Waals surface area (Å²) in [7, 11) is 0. The van der Waals surface area contributed by atoms with E-state index in [1.807, 2.05) is 0 Å². The first kappa shape index (κ1) is 9.00. The molecule has 0 heterocycles. The molecule has 0 aliphatic heterocycles. The Bertz CT molecular complexity index is 162. The number of halogens is 3. The van der Waals surface area contributed by atoms with Crippen LogP contribution in [0.25, 0.3) is 0 Å². The molecule has 0 fully saturated rings. The van der Waals surface area contributed by atoms with Gasteiger partial charge in [-0.25, -0.2) is 4.39 Å². The summed E-state index contributed by atoms with van der Waals surface area (Å²) < 4.78 is 34.3. The van der Waals surface area contributed by atoms with E-state index in [0.717, 1.165) is 0 Å². The van der Waals surface area contributed by atoms with E-state index >= 15 is 0 Å². The summed E-state index contributed by atoms with van der Waals surface area (Å²) in [6, 6.07) is 0. The number of allylic oxidation sites excluding steroid dienone is 1. The molecule has 2 N–H and O–H groups in total. The maximum atomic E-state index is 11.8. The van der Waals surface area contributed by atoms with Crippen LogP contribution in [0.3, 0.4) is 0 Å². The minimum Gasteiger partial charge on any atom is -0.370 e. The maximum Gasteiger partial charge on any atom is 0.301 e. The van der Waals surface area contributed by atoms with E-state index in [0.29, 0.717) is 0 Å². The van der Waals surface area contributed by atoms with Crippen molar-refractivity contribution in [2.75, 3.05) is 0 Å². The highest BCUT2D eigenvalue weighted by molar-refractivity contribution is 5.73. The Morgan fingerprint density at radius 1 is 1.20 bits per heavy atom. The van der Waals surface area contributed by atoms with Gasteiger partial charge in [-0.1, -0.05) is 0 Å². The van der Waals surface area contributed by atoms with Gasteiger partial charge >= 0.3 is 6.08 Å². The van der Waals surface area contributed by atoms with E-state index in [4.69, 9.17) is 0 Å². The van der Waals surface area contributed by atoms with Gasteiger partial charge in [0.15, 0.2) is 5.83 Å². The van der Waals surface area contributed by atoms with Gasteiger partial charge in [-0.2, -0.15) is 8.78 Å². The molecule has 0 spiro atoms. The van der Waals surface area contributed by atoms with Gasteiger partial charge in [-0.3, -0.25) is 4.79 Å². The van der Waals surface area contributed by atoms with Crippen LogP contribution in [-0.4, -0.2) is 5.91 Å². The average Bonchev–Trinajstić information content (AvgIpc) is 1.82. The van der Waals surface area contributed by atoms with Crippen molar-refractivity contribution in [2.45, 2.75) is 12.8 Å². The molecule has 58 valence electrons. The van der Waals surface area contributed by atoms with Gasteiger partial charge < -0.3 is 5.73 Å². The third-order valence-corrected chi connectivity index (χ3v) is 0.796. The van der Waals surface area contributed by atoms with E-state index < -0.39 is 24.2 Å². The lowest BCUT2D eigenvalue weighted by molar-refractivity contribution is -0.118. The molecule has 0 radical (unpaired) electrons. The first-order chi connectivity index (χ1) is 4.54. The maximum absolute atomic E-state index is 11.8. The topological polar surface area (TPSA) is 43.1 Å². The summed E-state index contributed by atoms with van der Waals surface area (Å²) in [5.41, 5.74) is 4.57. The minimum absolute atomic E-state index is 0.386. The summed E-state index contributed by atoms with van der Waals surface area (Å²) >= 11 is 0. The van der Waals surface area contributed by atoms with Crippen molar-refractivity contribution < 1.29 is 18.0 Å². The lowest BCUT2D eigenvalue weighted by Gasteiger charge is -1.90. The van der Waals surface area contributed by atoms with Gasteiger partial charge in [0.25, 0.3) is 0 Å².